The first-order valence-corrected chi connectivity index (χ1v) is 5.79. The van der Waals surface area contributed by atoms with Crippen molar-refractivity contribution in [3.8, 4) is 0 Å². The van der Waals surface area contributed by atoms with Crippen LogP contribution in [0.15, 0.2) is 41.1 Å². The van der Waals surface area contributed by atoms with Gasteiger partial charge < -0.3 is 0 Å². The maximum atomic E-state index is 13.5. The third kappa shape index (κ3) is 2.42. The lowest BCUT2D eigenvalue weighted by molar-refractivity contribution is 0.103. The fraction of sp³-hybridized carbons (Fsp3) is 0.0769. The van der Waals surface area contributed by atoms with Crippen LogP contribution < -0.4 is 0 Å². The molecule has 2 rings (SSSR count). The van der Waals surface area contributed by atoms with E-state index in [1.807, 2.05) is 13.0 Å². The summed E-state index contributed by atoms with van der Waals surface area (Å²) in [6, 6.07) is 6.77. The summed E-state index contributed by atoms with van der Waals surface area (Å²) in [5, 5.41) is 0. The molecular formula is C13H9BrFNO. The third-order valence-electron chi connectivity index (χ3n) is 2.38. The van der Waals surface area contributed by atoms with E-state index in [4.69, 9.17) is 0 Å². The standard InChI is InChI=1S/C13H9BrFNO/c1-8-2-3-11(14)10(6-8)13(17)9-4-5-16-7-12(9)15/h2-7H,1H3. The zero-order valence-corrected chi connectivity index (χ0v) is 10.7. The number of benzene rings is 1. The Balaban J connectivity index is 2.51. The van der Waals surface area contributed by atoms with Crippen LogP contribution in [-0.4, -0.2) is 10.8 Å². The SMILES string of the molecule is Cc1ccc(Br)c(C(=O)c2ccncc2F)c1. The molecule has 1 aromatic carbocycles. The molecule has 86 valence electrons. The molecule has 0 unspecified atom stereocenters. The fourth-order valence-corrected chi connectivity index (χ4v) is 1.94. The van der Waals surface area contributed by atoms with Crippen molar-refractivity contribution in [2.75, 3.05) is 0 Å². The Kier molecular flexibility index (Phi) is 3.33. The first-order chi connectivity index (χ1) is 8.09. The summed E-state index contributed by atoms with van der Waals surface area (Å²) in [6.07, 6.45) is 2.44. The maximum absolute atomic E-state index is 13.5. The summed E-state index contributed by atoms with van der Waals surface area (Å²) in [6.45, 7) is 1.88. The molecule has 0 bridgehead atoms. The van der Waals surface area contributed by atoms with E-state index in [9.17, 15) is 9.18 Å². The molecule has 0 aliphatic carbocycles. The molecule has 0 N–H and O–H groups in total. The van der Waals surface area contributed by atoms with Gasteiger partial charge in [-0.2, -0.15) is 0 Å². The van der Waals surface area contributed by atoms with Crippen molar-refractivity contribution in [3.63, 3.8) is 0 Å². The van der Waals surface area contributed by atoms with Gasteiger partial charge in [0.1, 0.15) is 0 Å². The number of nitrogens with zero attached hydrogens (tertiary/aromatic N) is 1. The molecule has 17 heavy (non-hydrogen) atoms. The van der Waals surface area contributed by atoms with Gasteiger partial charge in [0, 0.05) is 16.2 Å². The van der Waals surface area contributed by atoms with E-state index >= 15 is 0 Å². The lowest BCUT2D eigenvalue weighted by Crippen LogP contribution is -2.05. The first-order valence-electron chi connectivity index (χ1n) is 5.00. The molecule has 0 aliphatic heterocycles. The topological polar surface area (TPSA) is 30.0 Å². The summed E-state index contributed by atoms with van der Waals surface area (Å²) in [5.41, 5.74) is 1.44. The van der Waals surface area contributed by atoms with Crippen molar-refractivity contribution in [1.29, 1.82) is 0 Å². The predicted octanol–water partition coefficient (Wildman–Crippen LogP) is 3.52. The minimum Gasteiger partial charge on any atom is -0.288 e. The number of ketones is 1. The van der Waals surface area contributed by atoms with E-state index in [1.54, 1.807) is 12.1 Å². The van der Waals surface area contributed by atoms with Crippen LogP contribution in [0.25, 0.3) is 0 Å². The highest BCUT2D eigenvalue weighted by Gasteiger charge is 2.16. The number of aryl methyl sites for hydroxylation is 1. The van der Waals surface area contributed by atoms with Gasteiger partial charge in [0.25, 0.3) is 0 Å². The Labute approximate surface area is 107 Å². The molecule has 0 atom stereocenters. The molecule has 0 saturated carbocycles. The van der Waals surface area contributed by atoms with Crippen molar-refractivity contribution in [2.45, 2.75) is 6.92 Å². The van der Waals surface area contributed by atoms with E-state index in [0.29, 0.717) is 10.0 Å². The van der Waals surface area contributed by atoms with Crippen LogP contribution >= 0.6 is 15.9 Å². The highest BCUT2D eigenvalue weighted by Crippen LogP contribution is 2.22. The van der Waals surface area contributed by atoms with Gasteiger partial charge in [-0.1, -0.05) is 27.6 Å². The fourth-order valence-electron chi connectivity index (χ4n) is 1.52. The minimum atomic E-state index is -0.606. The number of halogens is 2. The molecule has 2 nitrogen and oxygen atoms in total. The van der Waals surface area contributed by atoms with Crippen molar-refractivity contribution >= 4 is 21.7 Å². The van der Waals surface area contributed by atoms with Gasteiger partial charge in [-0.15, -0.1) is 0 Å². The molecule has 0 radical (unpaired) electrons. The van der Waals surface area contributed by atoms with E-state index in [2.05, 4.69) is 20.9 Å². The van der Waals surface area contributed by atoms with Crippen LogP contribution in [0, 0.1) is 12.7 Å². The number of hydrogen-bond acceptors (Lipinski definition) is 2. The van der Waals surface area contributed by atoms with Gasteiger partial charge in [0.05, 0.1) is 11.8 Å². The third-order valence-corrected chi connectivity index (χ3v) is 3.08. The van der Waals surface area contributed by atoms with E-state index in [0.717, 1.165) is 11.8 Å². The Hall–Kier alpha value is -1.55. The van der Waals surface area contributed by atoms with Crippen LogP contribution in [0.2, 0.25) is 0 Å². The van der Waals surface area contributed by atoms with Gasteiger partial charge in [-0.05, 0) is 25.1 Å². The average molecular weight is 294 g/mol. The highest BCUT2D eigenvalue weighted by molar-refractivity contribution is 9.10. The molecule has 4 heteroatoms. The Bertz CT molecular complexity index is 583. The molecule has 1 aromatic heterocycles. The summed E-state index contributed by atoms with van der Waals surface area (Å²) in [5.74, 6) is -0.952. The predicted molar refractivity (Wildman–Crippen MR) is 66.5 cm³/mol. The van der Waals surface area contributed by atoms with Crippen molar-refractivity contribution in [2.24, 2.45) is 0 Å². The Morgan fingerprint density at radius 1 is 1.29 bits per heavy atom. The molecule has 0 saturated heterocycles. The van der Waals surface area contributed by atoms with Crippen LogP contribution in [-0.2, 0) is 0 Å². The minimum absolute atomic E-state index is 0.0336. The molecule has 0 fully saturated rings. The van der Waals surface area contributed by atoms with Gasteiger partial charge in [0.2, 0.25) is 0 Å². The number of carbonyl (C=O) groups is 1. The van der Waals surface area contributed by atoms with E-state index in [1.165, 1.54) is 12.3 Å². The van der Waals surface area contributed by atoms with Crippen molar-refractivity contribution < 1.29 is 9.18 Å². The number of hydrogen-bond donors (Lipinski definition) is 0. The van der Waals surface area contributed by atoms with E-state index < -0.39 is 5.82 Å². The summed E-state index contributed by atoms with van der Waals surface area (Å²) < 4.78 is 14.1. The Morgan fingerprint density at radius 3 is 2.76 bits per heavy atom. The average Bonchev–Trinajstić information content (AvgIpc) is 2.32. The van der Waals surface area contributed by atoms with Gasteiger partial charge in [-0.25, -0.2) is 4.39 Å². The Morgan fingerprint density at radius 2 is 2.06 bits per heavy atom. The molecule has 0 amide bonds. The highest BCUT2D eigenvalue weighted by atomic mass is 79.9. The second-order valence-electron chi connectivity index (χ2n) is 3.67. The molecule has 0 spiro atoms. The number of rotatable bonds is 2. The summed E-state index contributed by atoms with van der Waals surface area (Å²) in [4.78, 5) is 15.8. The second-order valence-corrected chi connectivity index (χ2v) is 4.52. The van der Waals surface area contributed by atoms with Crippen LogP contribution in [0.3, 0.4) is 0 Å². The maximum Gasteiger partial charge on any atom is 0.197 e. The van der Waals surface area contributed by atoms with E-state index in [-0.39, 0.29) is 11.3 Å². The second kappa shape index (κ2) is 4.75. The van der Waals surface area contributed by atoms with Crippen molar-refractivity contribution in [3.05, 3.63) is 63.6 Å². The number of carbonyl (C=O) groups excluding carboxylic acids is 1. The monoisotopic (exact) mass is 293 g/mol. The van der Waals surface area contributed by atoms with Gasteiger partial charge in [-0.3, -0.25) is 9.78 Å². The van der Waals surface area contributed by atoms with Crippen LogP contribution in [0.5, 0.6) is 0 Å². The molecule has 2 aromatic rings. The lowest BCUT2D eigenvalue weighted by atomic mass is 10.0. The van der Waals surface area contributed by atoms with Crippen LogP contribution in [0.4, 0.5) is 4.39 Å². The quantitative estimate of drug-likeness (QED) is 0.793. The number of pyridine rings is 1. The largest absolute Gasteiger partial charge is 0.288 e. The lowest BCUT2D eigenvalue weighted by Gasteiger charge is -2.05. The summed E-state index contributed by atoms with van der Waals surface area (Å²) in [7, 11) is 0. The van der Waals surface area contributed by atoms with Gasteiger partial charge >= 0.3 is 0 Å². The smallest absolute Gasteiger partial charge is 0.197 e. The molecule has 0 aliphatic rings. The van der Waals surface area contributed by atoms with Crippen LogP contribution in [0.1, 0.15) is 21.5 Å². The normalized spacial score (nSPS) is 10.3. The zero-order valence-electron chi connectivity index (χ0n) is 9.08. The first kappa shape index (κ1) is 11.9. The van der Waals surface area contributed by atoms with Gasteiger partial charge in [0.15, 0.2) is 11.6 Å². The number of aromatic nitrogens is 1. The molecule has 1 heterocycles. The van der Waals surface area contributed by atoms with Crippen molar-refractivity contribution in [1.82, 2.24) is 4.98 Å². The molecular weight excluding hydrogens is 285 g/mol. The summed E-state index contributed by atoms with van der Waals surface area (Å²) >= 11 is 3.29. The zero-order chi connectivity index (χ0) is 12.4.